The largest absolute Gasteiger partial charge is 0.492 e. The zero-order valence-electron chi connectivity index (χ0n) is 13.8. The summed E-state index contributed by atoms with van der Waals surface area (Å²) < 4.78 is 33.5. The molecule has 0 aliphatic rings. The molecule has 1 heterocycles. The fraction of sp³-hybridized carbons (Fsp3) is 0.353. The van der Waals surface area contributed by atoms with Crippen molar-refractivity contribution >= 4 is 15.8 Å². The van der Waals surface area contributed by atoms with Crippen molar-refractivity contribution in [3.63, 3.8) is 0 Å². The van der Waals surface area contributed by atoms with Crippen molar-refractivity contribution in [2.75, 3.05) is 11.3 Å². The van der Waals surface area contributed by atoms with Gasteiger partial charge < -0.3 is 4.74 Å². The van der Waals surface area contributed by atoms with E-state index in [1.807, 2.05) is 27.7 Å². The standard InChI is InChI=1S/C17H22N2O3S/c1-5-22-15-10-13(4)14(12(2)3)11-16(15)23(20,21)19-17-8-6-7-9-18-17/h6-12H,5H2,1-4H3,(H,18,19). The molecule has 0 radical (unpaired) electrons. The van der Waals surface area contributed by atoms with E-state index >= 15 is 0 Å². The second-order valence-corrected chi connectivity index (χ2v) is 7.21. The van der Waals surface area contributed by atoms with Crippen LogP contribution in [0.1, 0.15) is 37.8 Å². The lowest BCUT2D eigenvalue weighted by Crippen LogP contribution is -2.16. The minimum absolute atomic E-state index is 0.138. The van der Waals surface area contributed by atoms with Crippen LogP contribution >= 0.6 is 0 Å². The molecule has 0 aliphatic carbocycles. The molecule has 0 saturated carbocycles. The lowest BCUT2D eigenvalue weighted by molar-refractivity contribution is 0.330. The number of ether oxygens (including phenoxy) is 1. The van der Waals surface area contributed by atoms with E-state index in [4.69, 9.17) is 4.74 Å². The van der Waals surface area contributed by atoms with E-state index in [1.54, 1.807) is 30.3 Å². The number of anilines is 1. The van der Waals surface area contributed by atoms with E-state index in [2.05, 4.69) is 9.71 Å². The van der Waals surface area contributed by atoms with E-state index in [1.165, 1.54) is 6.20 Å². The fourth-order valence-corrected chi connectivity index (χ4v) is 3.56. The Bertz CT molecular complexity index is 772. The number of hydrogen-bond donors (Lipinski definition) is 1. The van der Waals surface area contributed by atoms with Gasteiger partial charge in [-0.2, -0.15) is 0 Å². The van der Waals surface area contributed by atoms with E-state index in [0.717, 1.165) is 11.1 Å². The fourth-order valence-electron chi connectivity index (χ4n) is 2.39. The number of rotatable bonds is 6. The number of nitrogens with zero attached hydrogens (tertiary/aromatic N) is 1. The normalized spacial score (nSPS) is 11.5. The average Bonchev–Trinajstić information content (AvgIpc) is 2.47. The van der Waals surface area contributed by atoms with Crippen molar-refractivity contribution in [3.05, 3.63) is 47.7 Å². The highest BCUT2D eigenvalue weighted by Crippen LogP contribution is 2.32. The maximum Gasteiger partial charge on any atom is 0.266 e. The molecular weight excluding hydrogens is 312 g/mol. The third-order valence-electron chi connectivity index (χ3n) is 3.45. The van der Waals surface area contributed by atoms with Crippen molar-refractivity contribution in [2.45, 2.75) is 38.5 Å². The summed E-state index contributed by atoms with van der Waals surface area (Å²) >= 11 is 0. The van der Waals surface area contributed by atoms with Crippen LogP contribution in [0.5, 0.6) is 5.75 Å². The molecule has 23 heavy (non-hydrogen) atoms. The Morgan fingerprint density at radius 2 is 2.00 bits per heavy atom. The topological polar surface area (TPSA) is 68.3 Å². The highest BCUT2D eigenvalue weighted by Gasteiger charge is 2.23. The first kappa shape index (κ1) is 17.3. The first-order valence-electron chi connectivity index (χ1n) is 7.56. The Morgan fingerprint density at radius 3 is 2.57 bits per heavy atom. The molecular formula is C17H22N2O3S. The molecule has 2 rings (SSSR count). The van der Waals surface area contributed by atoms with Gasteiger partial charge in [-0.15, -0.1) is 0 Å². The average molecular weight is 334 g/mol. The first-order valence-corrected chi connectivity index (χ1v) is 9.04. The van der Waals surface area contributed by atoms with Gasteiger partial charge in [0.15, 0.2) is 0 Å². The van der Waals surface area contributed by atoms with Crippen molar-refractivity contribution in [1.82, 2.24) is 4.98 Å². The van der Waals surface area contributed by atoms with Gasteiger partial charge in [-0.05, 0) is 55.2 Å². The van der Waals surface area contributed by atoms with Crippen LogP contribution in [0.2, 0.25) is 0 Å². The van der Waals surface area contributed by atoms with Gasteiger partial charge in [0.05, 0.1) is 6.61 Å². The minimum Gasteiger partial charge on any atom is -0.492 e. The number of aryl methyl sites for hydroxylation is 1. The van der Waals surface area contributed by atoms with Gasteiger partial charge >= 0.3 is 0 Å². The number of pyridine rings is 1. The van der Waals surface area contributed by atoms with Crippen molar-refractivity contribution in [2.24, 2.45) is 0 Å². The molecule has 2 aromatic rings. The zero-order valence-corrected chi connectivity index (χ0v) is 14.6. The zero-order chi connectivity index (χ0) is 17.0. The van der Waals surface area contributed by atoms with Crippen LogP contribution in [-0.2, 0) is 10.0 Å². The van der Waals surface area contributed by atoms with Gasteiger partial charge in [0.25, 0.3) is 10.0 Å². The Hall–Kier alpha value is -2.08. The summed E-state index contributed by atoms with van der Waals surface area (Å²) in [4.78, 5) is 4.15. The molecule has 0 unspecified atom stereocenters. The third kappa shape index (κ3) is 4.01. The van der Waals surface area contributed by atoms with Gasteiger partial charge in [0.1, 0.15) is 16.5 Å². The molecule has 1 aromatic carbocycles. The molecule has 1 aromatic heterocycles. The summed E-state index contributed by atoms with van der Waals surface area (Å²) in [6.45, 7) is 8.25. The van der Waals surface area contributed by atoms with Crippen LogP contribution < -0.4 is 9.46 Å². The van der Waals surface area contributed by atoms with Crippen LogP contribution in [0.25, 0.3) is 0 Å². The maximum atomic E-state index is 12.8. The summed E-state index contributed by atoms with van der Waals surface area (Å²) in [6.07, 6.45) is 1.54. The van der Waals surface area contributed by atoms with Crippen LogP contribution in [0.3, 0.4) is 0 Å². The monoisotopic (exact) mass is 334 g/mol. The molecule has 0 atom stereocenters. The van der Waals surface area contributed by atoms with E-state index < -0.39 is 10.0 Å². The van der Waals surface area contributed by atoms with Gasteiger partial charge in [0, 0.05) is 6.20 Å². The molecule has 0 bridgehead atoms. The summed E-state index contributed by atoms with van der Waals surface area (Å²) in [7, 11) is -3.78. The van der Waals surface area contributed by atoms with Crippen LogP contribution in [0.15, 0.2) is 41.4 Å². The highest BCUT2D eigenvalue weighted by atomic mass is 32.2. The summed E-state index contributed by atoms with van der Waals surface area (Å²) in [5, 5.41) is 0. The maximum absolute atomic E-state index is 12.8. The van der Waals surface area contributed by atoms with Gasteiger partial charge in [-0.25, -0.2) is 13.4 Å². The predicted molar refractivity (Wildman–Crippen MR) is 91.5 cm³/mol. The molecule has 0 fully saturated rings. The summed E-state index contributed by atoms with van der Waals surface area (Å²) in [5.41, 5.74) is 2.00. The number of benzene rings is 1. The highest BCUT2D eigenvalue weighted by molar-refractivity contribution is 7.92. The summed E-state index contributed by atoms with van der Waals surface area (Å²) in [6, 6.07) is 8.53. The molecule has 0 aliphatic heterocycles. The first-order chi connectivity index (χ1) is 10.8. The Kier molecular flexibility index (Phi) is 5.26. The number of aromatic nitrogens is 1. The lowest BCUT2D eigenvalue weighted by atomic mass is 9.98. The van der Waals surface area contributed by atoms with Crippen molar-refractivity contribution in [3.8, 4) is 5.75 Å². The third-order valence-corrected chi connectivity index (χ3v) is 4.82. The Labute approximate surface area is 137 Å². The van der Waals surface area contributed by atoms with E-state index in [9.17, 15) is 8.42 Å². The molecule has 0 amide bonds. The van der Waals surface area contributed by atoms with Gasteiger partial charge in [0.2, 0.25) is 0 Å². The van der Waals surface area contributed by atoms with Gasteiger partial charge in [-0.1, -0.05) is 19.9 Å². The number of nitrogens with one attached hydrogen (secondary N) is 1. The molecule has 6 heteroatoms. The van der Waals surface area contributed by atoms with E-state index in [-0.39, 0.29) is 16.6 Å². The van der Waals surface area contributed by atoms with Crippen LogP contribution in [0, 0.1) is 6.92 Å². The Balaban J connectivity index is 2.52. The van der Waals surface area contributed by atoms with Crippen LogP contribution in [-0.4, -0.2) is 20.0 Å². The minimum atomic E-state index is -3.78. The second-order valence-electron chi connectivity index (χ2n) is 5.56. The van der Waals surface area contributed by atoms with E-state index in [0.29, 0.717) is 12.4 Å². The second kappa shape index (κ2) is 7.00. The molecule has 0 saturated heterocycles. The SMILES string of the molecule is CCOc1cc(C)c(C(C)C)cc1S(=O)(=O)Nc1ccccn1. The number of sulfonamides is 1. The number of hydrogen-bond acceptors (Lipinski definition) is 4. The van der Waals surface area contributed by atoms with Gasteiger partial charge in [-0.3, -0.25) is 4.72 Å². The molecule has 1 N–H and O–H groups in total. The predicted octanol–water partition coefficient (Wildman–Crippen LogP) is 3.71. The van der Waals surface area contributed by atoms with Crippen LogP contribution in [0.4, 0.5) is 5.82 Å². The van der Waals surface area contributed by atoms with Crippen molar-refractivity contribution < 1.29 is 13.2 Å². The molecule has 5 nitrogen and oxygen atoms in total. The quantitative estimate of drug-likeness (QED) is 0.874. The smallest absolute Gasteiger partial charge is 0.266 e. The molecule has 124 valence electrons. The lowest BCUT2D eigenvalue weighted by Gasteiger charge is -2.17. The van der Waals surface area contributed by atoms with Crippen molar-refractivity contribution in [1.29, 1.82) is 0 Å². The summed E-state index contributed by atoms with van der Waals surface area (Å²) in [5.74, 6) is 0.855. The molecule has 0 spiro atoms. The Morgan fingerprint density at radius 1 is 1.26 bits per heavy atom.